The molecule has 7 heteroatoms. The summed E-state index contributed by atoms with van der Waals surface area (Å²) in [6.07, 6.45) is 0.780. The number of nitrogens with zero attached hydrogens (tertiary/aromatic N) is 5. The molecule has 2 heterocycles. The lowest BCUT2D eigenvalue weighted by atomic mass is 10.1. The molecule has 1 aromatic heterocycles. The molecule has 1 amide bonds. The van der Waals surface area contributed by atoms with Gasteiger partial charge in [0.05, 0.1) is 18.0 Å². The Morgan fingerprint density at radius 1 is 1.07 bits per heavy atom. The number of amides is 1. The Bertz CT molecular complexity index is 1030. The summed E-state index contributed by atoms with van der Waals surface area (Å²) >= 11 is 1.39. The maximum absolute atomic E-state index is 12.6. The first-order valence-electron chi connectivity index (χ1n) is 9.14. The quantitative estimate of drug-likeness (QED) is 0.624. The molecule has 1 aliphatic rings. The molecule has 1 aliphatic heterocycles. The number of hydrogen-bond donors (Lipinski definition) is 0. The SMILES string of the molecule is Cc1cccc(-c2nnc(SCC(=O)N3CCC(c4ccccc4)=N3)n2C)c1. The van der Waals surface area contributed by atoms with Gasteiger partial charge in [0, 0.05) is 19.0 Å². The molecule has 0 spiro atoms. The van der Waals surface area contributed by atoms with Gasteiger partial charge in [-0.1, -0.05) is 65.9 Å². The first kappa shape index (κ1) is 18.4. The van der Waals surface area contributed by atoms with Gasteiger partial charge in [-0.3, -0.25) is 4.79 Å². The Balaban J connectivity index is 1.41. The van der Waals surface area contributed by atoms with Gasteiger partial charge in [0.1, 0.15) is 0 Å². The zero-order chi connectivity index (χ0) is 19.5. The van der Waals surface area contributed by atoms with Crippen molar-refractivity contribution >= 4 is 23.4 Å². The third-order valence-corrected chi connectivity index (χ3v) is 5.64. The standard InChI is InChI=1S/C21H21N5OS/c1-15-7-6-10-17(13-15)20-22-23-21(25(20)2)28-14-19(27)26-12-11-18(24-26)16-8-4-3-5-9-16/h3-10,13H,11-12,14H2,1-2H3. The van der Waals surface area contributed by atoms with Crippen LogP contribution in [0.15, 0.2) is 64.9 Å². The molecule has 2 aromatic carbocycles. The van der Waals surface area contributed by atoms with Gasteiger partial charge in [0.2, 0.25) is 0 Å². The Labute approximate surface area is 168 Å². The van der Waals surface area contributed by atoms with Gasteiger partial charge in [0.15, 0.2) is 11.0 Å². The smallest absolute Gasteiger partial charge is 0.253 e. The monoisotopic (exact) mass is 391 g/mol. The zero-order valence-corrected chi connectivity index (χ0v) is 16.7. The van der Waals surface area contributed by atoms with Gasteiger partial charge in [-0.05, 0) is 18.6 Å². The molecule has 0 radical (unpaired) electrons. The van der Waals surface area contributed by atoms with Crippen molar-refractivity contribution in [3.05, 3.63) is 65.7 Å². The highest BCUT2D eigenvalue weighted by atomic mass is 32.2. The Morgan fingerprint density at radius 2 is 1.86 bits per heavy atom. The predicted octanol–water partition coefficient (Wildman–Crippen LogP) is 3.52. The van der Waals surface area contributed by atoms with Crippen molar-refractivity contribution < 1.29 is 4.79 Å². The summed E-state index contributed by atoms with van der Waals surface area (Å²) in [4.78, 5) is 12.6. The molecule has 0 bridgehead atoms. The summed E-state index contributed by atoms with van der Waals surface area (Å²) in [7, 11) is 1.92. The van der Waals surface area contributed by atoms with Crippen LogP contribution < -0.4 is 0 Å². The fourth-order valence-electron chi connectivity index (χ4n) is 3.15. The van der Waals surface area contributed by atoms with E-state index in [1.807, 2.05) is 54.1 Å². The van der Waals surface area contributed by atoms with Crippen molar-refractivity contribution in [3.63, 3.8) is 0 Å². The van der Waals surface area contributed by atoms with Crippen molar-refractivity contribution in [2.24, 2.45) is 12.1 Å². The second kappa shape index (κ2) is 7.98. The van der Waals surface area contributed by atoms with Crippen LogP contribution in [0, 0.1) is 6.92 Å². The van der Waals surface area contributed by atoms with Crippen molar-refractivity contribution in [3.8, 4) is 11.4 Å². The van der Waals surface area contributed by atoms with Gasteiger partial charge < -0.3 is 4.57 Å². The predicted molar refractivity (Wildman–Crippen MR) is 111 cm³/mol. The van der Waals surface area contributed by atoms with Gasteiger partial charge in [0.25, 0.3) is 5.91 Å². The van der Waals surface area contributed by atoms with E-state index in [0.717, 1.165) is 34.2 Å². The second-order valence-corrected chi connectivity index (χ2v) is 7.65. The molecule has 142 valence electrons. The maximum Gasteiger partial charge on any atom is 0.253 e. The van der Waals surface area contributed by atoms with Crippen LogP contribution in [0.1, 0.15) is 17.5 Å². The zero-order valence-electron chi connectivity index (χ0n) is 15.9. The molecule has 0 unspecified atom stereocenters. The van der Waals surface area contributed by atoms with Gasteiger partial charge >= 0.3 is 0 Å². The molecule has 0 fully saturated rings. The van der Waals surface area contributed by atoms with Crippen LogP contribution in [-0.2, 0) is 11.8 Å². The largest absolute Gasteiger partial charge is 0.305 e. The topological polar surface area (TPSA) is 63.4 Å². The van der Waals surface area contributed by atoms with Gasteiger partial charge in [-0.25, -0.2) is 5.01 Å². The lowest BCUT2D eigenvalue weighted by Gasteiger charge is -2.10. The van der Waals surface area contributed by atoms with Crippen molar-refractivity contribution in [1.82, 2.24) is 19.8 Å². The number of thioether (sulfide) groups is 1. The lowest BCUT2D eigenvalue weighted by Crippen LogP contribution is -2.25. The highest BCUT2D eigenvalue weighted by Crippen LogP contribution is 2.24. The Hall–Kier alpha value is -2.93. The van der Waals surface area contributed by atoms with Crippen LogP contribution in [0.2, 0.25) is 0 Å². The van der Waals surface area contributed by atoms with Crippen LogP contribution in [0.5, 0.6) is 0 Å². The average Bonchev–Trinajstić information content (AvgIpc) is 3.34. The molecule has 28 heavy (non-hydrogen) atoms. The Morgan fingerprint density at radius 3 is 2.64 bits per heavy atom. The Kier molecular flexibility index (Phi) is 5.25. The lowest BCUT2D eigenvalue weighted by molar-refractivity contribution is -0.127. The molecule has 0 atom stereocenters. The number of carbonyl (C=O) groups excluding carboxylic acids is 1. The van der Waals surface area contributed by atoms with Gasteiger partial charge in [-0.2, -0.15) is 5.10 Å². The minimum absolute atomic E-state index is 0.0176. The molecule has 0 N–H and O–H groups in total. The summed E-state index contributed by atoms with van der Waals surface area (Å²) in [6, 6.07) is 18.1. The molecule has 4 rings (SSSR count). The third-order valence-electron chi connectivity index (χ3n) is 4.63. The second-order valence-electron chi connectivity index (χ2n) is 6.70. The number of carbonyl (C=O) groups is 1. The van der Waals surface area contributed by atoms with E-state index in [1.54, 1.807) is 5.01 Å². The van der Waals surface area contributed by atoms with E-state index in [2.05, 4.69) is 34.4 Å². The van der Waals surface area contributed by atoms with Crippen molar-refractivity contribution in [2.45, 2.75) is 18.5 Å². The number of hydrogen-bond acceptors (Lipinski definition) is 5. The first-order valence-corrected chi connectivity index (χ1v) is 10.1. The van der Waals surface area contributed by atoms with Crippen molar-refractivity contribution in [2.75, 3.05) is 12.3 Å². The number of aryl methyl sites for hydroxylation is 1. The van der Waals surface area contributed by atoms with E-state index < -0.39 is 0 Å². The van der Waals surface area contributed by atoms with E-state index in [4.69, 9.17) is 0 Å². The fraction of sp³-hybridized carbons (Fsp3) is 0.238. The minimum Gasteiger partial charge on any atom is -0.305 e. The van der Waals surface area contributed by atoms with E-state index in [0.29, 0.717) is 6.54 Å². The maximum atomic E-state index is 12.6. The third kappa shape index (κ3) is 3.84. The molecule has 3 aromatic rings. The summed E-state index contributed by atoms with van der Waals surface area (Å²) < 4.78 is 1.93. The van der Waals surface area contributed by atoms with E-state index in [-0.39, 0.29) is 11.7 Å². The molecule has 0 saturated carbocycles. The summed E-state index contributed by atoms with van der Waals surface area (Å²) in [5.74, 6) is 1.06. The van der Waals surface area contributed by atoms with Crippen molar-refractivity contribution in [1.29, 1.82) is 0 Å². The molecule has 6 nitrogen and oxygen atoms in total. The van der Waals surface area contributed by atoms with Crippen LogP contribution in [-0.4, -0.2) is 43.7 Å². The number of aromatic nitrogens is 3. The summed E-state index contributed by atoms with van der Waals surface area (Å²) in [6.45, 7) is 2.67. The van der Waals surface area contributed by atoms with Crippen LogP contribution in [0.25, 0.3) is 11.4 Å². The average molecular weight is 392 g/mol. The van der Waals surface area contributed by atoms with Crippen LogP contribution in [0.4, 0.5) is 0 Å². The fourth-order valence-corrected chi connectivity index (χ4v) is 3.93. The van der Waals surface area contributed by atoms with E-state index in [1.165, 1.54) is 17.3 Å². The van der Waals surface area contributed by atoms with Crippen LogP contribution >= 0.6 is 11.8 Å². The van der Waals surface area contributed by atoms with E-state index in [9.17, 15) is 4.79 Å². The molecule has 0 aliphatic carbocycles. The van der Waals surface area contributed by atoms with Crippen LogP contribution in [0.3, 0.4) is 0 Å². The highest BCUT2D eigenvalue weighted by molar-refractivity contribution is 7.99. The number of hydrazone groups is 1. The normalized spacial score (nSPS) is 13.6. The highest BCUT2D eigenvalue weighted by Gasteiger charge is 2.22. The summed E-state index contributed by atoms with van der Waals surface area (Å²) in [5, 5.41) is 15.3. The minimum atomic E-state index is -0.0176. The summed E-state index contributed by atoms with van der Waals surface area (Å²) in [5.41, 5.74) is 4.22. The van der Waals surface area contributed by atoms with E-state index >= 15 is 0 Å². The molecular weight excluding hydrogens is 370 g/mol. The molecule has 0 saturated heterocycles. The molecular formula is C21H21N5OS. The number of benzene rings is 2. The number of rotatable bonds is 5. The van der Waals surface area contributed by atoms with Gasteiger partial charge in [-0.15, -0.1) is 10.2 Å². The first-order chi connectivity index (χ1) is 13.6.